The van der Waals surface area contributed by atoms with Crippen molar-refractivity contribution in [2.75, 3.05) is 12.3 Å². The van der Waals surface area contributed by atoms with Crippen LogP contribution in [0.4, 0.5) is 39.5 Å². The standard InChI is InChI=1S/C24H19F9N3O2PS/c1-14(21(37)34-10-11-40-18-5-3-2-4-17(18)24(31,32)33)39(38,19-8-6-15(12-35-19)22(25,26)27)20-9-7-16(13-36-20)23(28,29)30/h2-9,12-14H,10-11H2,1H3,(H,34,37). The second-order valence-corrected chi connectivity index (χ2v) is 12.4. The molecule has 5 nitrogen and oxygen atoms in total. The number of benzene rings is 1. The van der Waals surface area contributed by atoms with E-state index < -0.39 is 64.8 Å². The van der Waals surface area contributed by atoms with E-state index in [9.17, 15) is 48.9 Å². The predicted octanol–water partition coefficient (Wildman–Crippen LogP) is 6.14. The van der Waals surface area contributed by atoms with Gasteiger partial charge in [-0.15, -0.1) is 11.8 Å². The zero-order chi connectivity index (χ0) is 29.9. The highest BCUT2D eigenvalue weighted by Gasteiger charge is 2.42. The first-order valence-electron chi connectivity index (χ1n) is 11.2. The maximum atomic E-state index is 14.2. The van der Waals surface area contributed by atoms with Crippen LogP contribution in [-0.2, 0) is 27.9 Å². The molecule has 16 heteroatoms. The van der Waals surface area contributed by atoms with E-state index in [4.69, 9.17) is 0 Å². The molecule has 1 N–H and O–H groups in total. The highest BCUT2D eigenvalue weighted by atomic mass is 32.2. The first kappa shape index (κ1) is 31.5. The molecule has 0 aliphatic rings. The number of hydrogen-bond acceptors (Lipinski definition) is 5. The number of halogens is 9. The van der Waals surface area contributed by atoms with E-state index in [2.05, 4.69) is 15.3 Å². The average molecular weight is 615 g/mol. The van der Waals surface area contributed by atoms with Crippen LogP contribution in [0.25, 0.3) is 0 Å². The Labute approximate surface area is 226 Å². The van der Waals surface area contributed by atoms with E-state index in [1.807, 2.05) is 0 Å². The van der Waals surface area contributed by atoms with Crippen molar-refractivity contribution in [1.82, 2.24) is 15.3 Å². The number of aromatic nitrogens is 2. The van der Waals surface area contributed by atoms with Crippen LogP contribution in [-0.4, -0.2) is 33.8 Å². The molecule has 0 saturated carbocycles. The molecule has 3 aromatic rings. The quantitative estimate of drug-likeness (QED) is 0.143. The minimum absolute atomic E-state index is 0.0348. The van der Waals surface area contributed by atoms with E-state index in [0.717, 1.165) is 36.9 Å². The Hall–Kier alpha value is -3.06. The van der Waals surface area contributed by atoms with Gasteiger partial charge in [0.25, 0.3) is 0 Å². The Morgan fingerprint density at radius 2 is 1.32 bits per heavy atom. The Morgan fingerprint density at radius 1 is 0.825 bits per heavy atom. The summed E-state index contributed by atoms with van der Waals surface area (Å²) < 4.78 is 132. The van der Waals surface area contributed by atoms with Crippen LogP contribution in [0, 0.1) is 0 Å². The number of amides is 1. The Bertz CT molecular complexity index is 1320. The molecule has 216 valence electrons. The van der Waals surface area contributed by atoms with Crippen molar-refractivity contribution in [3.63, 3.8) is 0 Å². The molecular weight excluding hydrogens is 596 g/mol. The monoisotopic (exact) mass is 615 g/mol. The molecule has 0 spiro atoms. The molecule has 0 bridgehead atoms. The molecule has 3 rings (SSSR count). The molecule has 1 aromatic carbocycles. The van der Waals surface area contributed by atoms with Crippen molar-refractivity contribution >= 4 is 35.7 Å². The normalized spacial score (nSPS) is 13.7. The fraction of sp³-hybridized carbons (Fsp3) is 0.292. The summed E-state index contributed by atoms with van der Waals surface area (Å²) >= 11 is 0.794. The first-order chi connectivity index (χ1) is 18.5. The van der Waals surface area contributed by atoms with Gasteiger partial charge in [0.05, 0.1) is 22.3 Å². The number of hydrogen-bond donors (Lipinski definition) is 1. The molecule has 0 fully saturated rings. The number of rotatable bonds is 8. The number of nitrogens with one attached hydrogen (secondary N) is 1. The van der Waals surface area contributed by atoms with Gasteiger partial charge in [-0.1, -0.05) is 12.1 Å². The van der Waals surface area contributed by atoms with Crippen molar-refractivity contribution in [2.24, 2.45) is 0 Å². The summed E-state index contributed by atoms with van der Waals surface area (Å²) in [6.07, 6.45) is -13.4. The SMILES string of the molecule is CC(C(=O)NCCSc1ccccc1C(F)(F)F)P(=O)(c1ccc(C(F)(F)F)cn1)c1ccc(C(F)(F)F)cn1. The average Bonchev–Trinajstić information content (AvgIpc) is 2.89. The van der Waals surface area contributed by atoms with Crippen LogP contribution in [0.2, 0.25) is 0 Å². The number of alkyl halides is 9. The fourth-order valence-electron chi connectivity index (χ4n) is 3.49. The van der Waals surface area contributed by atoms with Gasteiger partial charge in [-0.2, -0.15) is 39.5 Å². The summed E-state index contributed by atoms with van der Waals surface area (Å²) in [7, 11) is -4.38. The van der Waals surface area contributed by atoms with E-state index in [1.54, 1.807) is 0 Å². The van der Waals surface area contributed by atoms with Gasteiger partial charge in [-0.3, -0.25) is 14.8 Å². The summed E-state index contributed by atoms with van der Waals surface area (Å²) in [6, 6.07) is 7.43. The minimum Gasteiger partial charge on any atom is -0.355 e. The number of carbonyl (C=O) groups is 1. The summed E-state index contributed by atoms with van der Waals surface area (Å²) in [5, 5.41) is 2.40. The molecule has 2 heterocycles. The van der Waals surface area contributed by atoms with Gasteiger partial charge in [0.15, 0.2) is 7.14 Å². The van der Waals surface area contributed by atoms with Crippen LogP contribution in [0.3, 0.4) is 0 Å². The lowest BCUT2D eigenvalue weighted by Gasteiger charge is -2.24. The predicted molar refractivity (Wildman–Crippen MR) is 130 cm³/mol. The zero-order valence-corrected chi connectivity index (χ0v) is 21.9. The van der Waals surface area contributed by atoms with Crippen molar-refractivity contribution in [3.05, 3.63) is 77.6 Å². The molecule has 0 aliphatic carbocycles. The third-order valence-corrected chi connectivity index (χ3v) is 9.90. The van der Waals surface area contributed by atoms with Crippen molar-refractivity contribution in [2.45, 2.75) is 36.0 Å². The fourth-order valence-corrected chi connectivity index (χ4v) is 6.93. The lowest BCUT2D eigenvalue weighted by atomic mass is 10.2. The molecule has 0 radical (unpaired) electrons. The van der Waals surface area contributed by atoms with Crippen LogP contribution < -0.4 is 16.2 Å². The lowest BCUT2D eigenvalue weighted by Crippen LogP contribution is -2.40. The van der Waals surface area contributed by atoms with Gasteiger partial charge in [0.1, 0.15) is 10.9 Å². The molecule has 1 amide bonds. The summed E-state index contributed by atoms with van der Waals surface area (Å²) in [6.45, 7) is 0.946. The topological polar surface area (TPSA) is 72.0 Å². The maximum absolute atomic E-state index is 14.2. The molecular formula is C24H19F9N3O2PS. The second kappa shape index (κ2) is 11.8. The van der Waals surface area contributed by atoms with E-state index >= 15 is 0 Å². The van der Waals surface area contributed by atoms with Gasteiger partial charge < -0.3 is 9.88 Å². The summed E-state index contributed by atoms with van der Waals surface area (Å²) in [5.74, 6) is -0.955. The van der Waals surface area contributed by atoms with Gasteiger partial charge in [0.2, 0.25) is 5.91 Å². The third kappa shape index (κ3) is 7.17. The van der Waals surface area contributed by atoms with Crippen LogP contribution in [0.1, 0.15) is 23.6 Å². The highest BCUT2D eigenvalue weighted by Crippen LogP contribution is 2.48. The second-order valence-electron chi connectivity index (χ2n) is 8.27. The molecule has 0 aliphatic heterocycles. The number of thioether (sulfide) groups is 1. The van der Waals surface area contributed by atoms with E-state index in [0.29, 0.717) is 24.5 Å². The highest BCUT2D eigenvalue weighted by molar-refractivity contribution is 7.99. The third-order valence-electron chi connectivity index (χ3n) is 5.61. The van der Waals surface area contributed by atoms with Crippen LogP contribution >= 0.6 is 18.9 Å². The smallest absolute Gasteiger partial charge is 0.355 e. The molecule has 40 heavy (non-hydrogen) atoms. The van der Waals surface area contributed by atoms with Crippen molar-refractivity contribution in [3.8, 4) is 0 Å². The molecule has 1 atom stereocenters. The number of carbonyl (C=O) groups excluding carboxylic acids is 1. The Balaban J connectivity index is 1.85. The maximum Gasteiger partial charge on any atom is 0.417 e. The first-order valence-corrected chi connectivity index (χ1v) is 14.0. The molecule has 0 saturated heterocycles. The van der Waals surface area contributed by atoms with Crippen LogP contribution in [0.15, 0.2) is 65.8 Å². The molecule has 2 aromatic heterocycles. The largest absolute Gasteiger partial charge is 0.417 e. The van der Waals surface area contributed by atoms with Gasteiger partial charge in [0, 0.05) is 29.6 Å². The minimum atomic E-state index is -4.78. The van der Waals surface area contributed by atoms with Gasteiger partial charge >= 0.3 is 18.5 Å². The zero-order valence-electron chi connectivity index (χ0n) is 20.2. The number of nitrogens with zero attached hydrogens (tertiary/aromatic N) is 2. The van der Waals surface area contributed by atoms with Crippen molar-refractivity contribution < 1.29 is 48.9 Å². The van der Waals surface area contributed by atoms with E-state index in [-0.39, 0.29) is 17.2 Å². The van der Waals surface area contributed by atoms with Crippen LogP contribution in [0.5, 0.6) is 0 Å². The summed E-state index contributed by atoms with van der Waals surface area (Å²) in [5.41, 5.74) is -5.79. The van der Waals surface area contributed by atoms with Gasteiger partial charge in [-0.05, 0) is 43.3 Å². The Morgan fingerprint density at radius 3 is 1.75 bits per heavy atom. The van der Waals surface area contributed by atoms with Crippen molar-refractivity contribution in [1.29, 1.82) is 0 Å². The van der Waals surface area contributed by atoms with Gasteiger partial charge in [-0.25, -0.2) is 0 Å². The Kier molecular flexibility index (Phi) is 9.29. The summed E-state index contributed by atoms with van der Waals surface area (Å²) in [4.78, 5) is 20.0. The molecule has 1 unspecified atom stereocenters. The lowest BCUT2D eigenvalue weighted by molar-refractivity contribution is -0.140. The van der Waals surface area contributed by atoms with E-state index in [1.165, 1.54) is 18.2 Å². The number of pyridine rings is 2.